The van der Waals surface area contributed by atoms with E-state index >= 15 is 0 Å². The van der Waals surface area contributed by atoms with Crippen molar-refractivity contribution < 1.29 is 27.5 Å². The van der Waals surface area contributed by atoms with E-state index in [9.17, 15) is 13.2 Å². The van der Waals surface area contributed by atoms with E-state index < -0.39 is 5.92 Å². The van der Waals surface area contributed by atoms with Crippen LogP contribution in [0.15, 0.2) is 48.0 Å². The van der Waals surface area contributed by atoms with Gasteiger partial charge in [-0.15, -0.1) is 0 Å². The Morgan fingerprint density at radius 3 is 2.34 bits per heavy atom. The summed E-state index contributed by atoms with van der Waals surface area (Å²) in [7, 11) is 0. The minimum absolute atomic E-state index is 0.120. The molecular weight excluding hydrogens is 381 g/mol. The monoisotopic (exact) mass is 404 g/mol. The number of allylic oxidation sites excluding steroid dienone is 1. The predicted octanol–water partition coefficient (Wildman–Crippen LogP) is 5.76. The Morgan fingerprint density at radius 2 is 1.76 bits per heavy atom. The maximum atomic E-state index is 14.0. The number of halogens is 3. The van der Waals surface area contributed by atoms with Crippen LogP contribution in [0, 0.1) is 12.7 Å². The van der Waals surface area contributed by atoms with Crippen LogP contribution in [0.3, 0.4) is 0 Å². The zero-order valence-corrected chi connectivity index (χ0v) is 16.4. The van der Waals surface area contributed by atoms with E-state index in [4.69, 9.17) is 14.3 Å². The smallest absolute Gasteiger partial charge is 0.373 e. The van der Waals surface area contributed by atoms with Crippen molar-refractivity contribution in [1.82, 2.24) is 0 Å². The number of ether oxygens (including phenoxy) is 1. The third-order valence-corrected chi connectivity index (χ3v) is 4.88. The molecule has 154 valence electrons. The van der Waals surface area contributed by atoms with Gasteiger partial charge in [0.15, 0.2) is 0 Å². The zero-order valence-electron chi connectivity index (χ0n) is 16.4. The Labute approximate surface area is 168 Å². The molecule has 0 amide bonds. The van der Waals surface area contributed by atoms with Crippen molar-refractivity contribution in [1.29, 1.82) is 0 Å². The van der Waals surface area contributed by atoms with Gasteiger partial charge >= 0.3 is 6.15 Å². The summed E-state index contributed by atoms with van der Waals surface area (Å²) >= 11 is 0. The maximum Gasteiger partial charge on any atom is 0.373 e. The first-order valence-electron chi connectivity index (χ1n) is 9.36. The van der Waals surface area contributed by atoms with Crippen LogP contribution in [0.25, 0.3) is 5.57 Å². The normalized spacial score (nSPS) is 15.2. The molecule has 0 unspecified atom stereocenters. The highest BCUT2D eigenvalue weighted by atomic mass is 19.3. The van der Waals surface area contributed by atoms with E-state index in [0.29, 0.717) is 11.3 Å². The highest BCUT2D eigenvalue weighted by Gasteiger charge is 2.35. The third kappa shape index (κ3) is 6.33. The van der Waals surface area contributed by atoms with E-state index in [1.165, 1.54) is 17.7 Å². The van der Waals surface area contributed by atoms with Gasteiger partial charge < -0.3 is 4.74 Å². The third-order valence-electron chi connectivity index (χ3n) is 4.88. The molecule has 2 aromatic carbocycles. The van der Waals surface area contributed by atoms with Crippen LogP contribution in [0.1, 0.15) is 42.9 Å². The first-order chi connectivity index (χ1) is 13.8. The average molecular weight is 404 g/mol. The fourth-order valence-electron chi connectivity index (χ4n) is 3.39. The number of hydrogen-bond acceptors (Lipinski definition) is 3. The molecule has 29 heavy (non-hydrogen) atoms. The van der Waals surface area contributed by atoms with Gasteiger partial charge in [-0.25, -0.2) is 13.2 Å². The molecule has 0 fully saturated rings. The molecule has 0 radical (unpaired) electrons. The molecule has 0 bridgehead atoms. The topological polar surface area (TPSA) is 43.4 Å². The van der Waals surface area contributed by atoms with Gasteiger partial charge in [-0.2, -0.15) is 9.59 Å². The molecule has 0 saturated carbocycles. The van der Waals surface area contributed by atoms with Gasteiger partial charge in [0.05, 0.1) is 0 Å². The molecule has 0 saturated heterocycles. The molecule has 0 aromatic heterocycles. The van der Waals surface area contributed by atoms with Crippen LogP contribution < -0.4 is 4.74 Å². The highest BCUT2D eigenvalue weighted by Crippen LogP contribution is 2.41. The first-order valence-corrected chi connectivity index (χ1v) is 9.36. The summed E-state index contributed by atoms with van der Waals surface area (Å²) in [6.45, 7) is 4.16. The summed E-state index contributed by atoms with van der Waals surface area (Å²) in [5.41, 5.74) is 4.44. The number of hydrogen-bond donors (Lipinski definition) is 0. The number of benzene rings is 2. The van der Waals surface area contributed by atoms with E-state index in [0.717, 1.165) is 23.1 Å². The Hall–Kier alpha value is -2.85. The van der Waals surface area contributed by atoms with Gasteiger partial charge in [0, 0.05) is 12.8 Å². The van der Waals surface area contributed by atoms with Crippen molar-refractivity contribution in [2.75, 3.05) is 6.61 Å². The fraction of sp³-hybridized carbons (Fsp3) is 0.348. The second-order valence-electron chi connectivity index (χ2n) is 6.95. The van der Waals surface area contributed by atoms with Crippen molar-refractivity contribution in [2.45, 2.75) is 45.5 Å². The van der Waals surface area contributed by atoms with Crippen molar-refractivity contribution >= 4 is 11.7 Å². The van der Waals surface area contributed by atoms with Crippen LogP contribution in [0.2, 0.25) is 0 Å². The second-order valence-corrected chi connectivity index (χ2v) is 6.95. The van der Waals surface area contributed by atoms with Gasteiger partial charge in [0.2, 0.25) is 0 Å². The SMILES string of the molecule is CCc1ccc(OCC2=C(c3ccc(F)cc3)CCC(F)(F)C2)c(C)c1.O=C=O. The average Bonchev–Trinajstić information content (AvgIpc) is 2.68. The Bertz CT molecular complexity index is 896. The maximum absolute atomic E-state index is 14.0. The van der Waals surface area contributed by atoms with E-state index in [2.05, 4.69) is 13.0 Å². The Morgan fingerprint density at radius 1 is 1.10 bits per heavy atom. The number of aryl methyl sites for hydroxylation is 2. The molecule has 2 aromatic rings. The number of alkyl halides is 2. The van der Waals surface area contributed by atoms with Crippen molar-refractivity contribution in [3.05, 3.63) is 70.5 Å². The number of rotatable bonds is 5. The molecule has 0 N–H and O–H groups in total. The minimum atomic E-state index is -2.72. The Kier molecular flexibility index (Phi) is 7.80. The van der Waals surface area contributed by atoms with Crippen LogP contribution in [-0.2, 0) is 16.0 Å². The summed E-state index contributed by atoms with van der Waals surface area (Å²) in [5, 5.41) is 0. The van der Waals surface area contributed by atoms with Gasteiger partial charge in [-0.1, -0.05) is 31.2 Å². The molecular formula is C23H23F3O3. The van der Waals surface area contributed by atoms with E-state index in [1.54, 1.807) is 12.1 Å². The Balaban J connectivity index is 0.000000941. The second kappa shape index (κ2) is 10.1. The summed E-state index contributed by atoms with van der Waals surface area (Å²) < 4.78 is 47.0. The number of carbonyl (C=O) groups excluding carboxylic acids is 2. The molecule has 0 spiro atoms. The molecule has 1 aliphatic rings. The van der Waals surface area contributed by atoms with Crippen LogP contribution >= 0.6 is 0 Å². The molecule has 0 heterocycles. The lowest BCUT2D eigenvalue weighted by Crippen LogP contribution is -2.24. The molecule has 3 nitrogen and oxygen atoms in total. The van der Waals surface area contributed by atoms with Gasteiger partial charge in [0.25, 0.3) is 5.92 Å². The van der Waals surface area contributed by atoms with Crippen LogP contribution in [0.5, 0.6) is 5.75 Å². The van der Waals surface area contributed by atoms with Crippen molar-refractivity contribution in [3.63, 3.8) is 0 Å². The highest BCUT2D eigenvalue weighted by molar-refractivity contribution is 5.70. The summed E-state index contributed by atoms with van der Waals surface area (Å²) in [6.07, 6.45) is 0.956. The largest absolute Gasteiger partial charge is 0.489 e. The van der Waals surface area contributed by atoms with E-state index in [-0.39, 0.29) is 37.8 Å². The molecule has 0 atom stereocenters. The fourth-order valence-corrected chi connectivity index (χ4v) is 3.39. The molecule has 1 aliphatic carbocycles. The van der Waals surface area contributed by atoms with Gasteiger partial charge in [0.1, 0.15) is 18.2 Å². The lowest BCUT2D eigenvalue weighted by atomic mass is 9.85. The van der Waals surface area contributed by atoms with Gasteiger partial charge in [-0.05, 0) is 65.8 Å². The molecule has 3 rings (SSSR count). The lowest BCUT2D eigenvalue weighted by molar-refractivity contribution is -0.191. The standard InChI is InChI=1S/C22H23F3O.CO2/c1-3-16-4-9-21(15(2)12-16)26-14-18-13-22(24,25)11-10-20(18)17-5-7-19(23)8-6-17;2-1-3/h4-9,12H,3,10-11,13-14H2,1-2H3;. The summed E-state index contributed by atoms with van der Waals surface area (Å²) in [5.74, 6) is -2.34. The van der Waals surface area contributed by atoms with Crippen LogP contribution in [-0.4, -0.2) is 18.7 Å². The van der Waals surface area contributed by atoms with Gasteiger partial charge in [-0.3, -0.25) is 0 Å². The first kappa shape index (κ1) is 22.4. The summed E-state index contributed by atoms with van der Waals surface area (Å²) in [6, 6.07) is 12.0. The van der Waals surface area contributed by atoms with Crippen LogP contribution in [0.4, 0.5) is 13.2 Å². The lowest BCUT2D eigenvalue weighted by Gasteiger charge is -2.27. The molecule has 6 heteroatoms. The minimum Gasteiger partial charge on any atom is -0.489 e. The summed E-state index contributed by atoms with van der Waals surface area (Å²) in [4.78, 5) is 16.2. The molecule has 0 aliphatic heterocycles. The van der Waals surface area contributed by atoms with Crippen molar-refractivity contribution in [3.8, 4) is 5.75 Å². The predicted molar refractivity (Wildman–Crippen MR) is 103 cm³/mol. The van der Waals surface area contributed by atoms with Crippen molar-refractivity contribution in [2.24, 2.45) is 0 Å². The van der Waals surface area contributed by atoms with E-state index in [1.807, 2.05) is 19.1 Å². The quantitative estimate of drug-likeness (QED) is 0.636. The zero-order chi connectivity index (χ0) is 21.4.